The van der Waals surface area contributed by atoms with Crippen LogP contribution >= 0.6 is 0 Å². The van der Waals surface area contributed by atoms with Crippen molar-refractivity contribution in [2.24, 2.45) is 17.6 Å². The van der Waals surface area contributed by atoms with Crippen molar-refractivity contribution < 1.29 is 0 Å². The van der Waals surface area contributed by atoms with Gasteiger partial charge in [-0.1, -0.05) is 32.9 Å². The number of nitrogens with two attached hydrogens (primary N) is 1. The molecule has 0 amide bonds. The van der Waals surface area contributed by atoms with Crippen molar-refractivity contribution in [3.8, 4) is 0 Å². The van der Waals surface area contributed by atoms with Gasteiger partial charge in [-0.3, -0.25) is 0 Å². The molecule has 0 unspecified atom stereocenters. The number of hydrogen-bond donors (Lipinski definition) is 1. The molecular formula is C19H32N2. The number of hydrogen-bond acceptors (Lipinski definition) is 2. The minimum atomic E-state index is 0.152. The molecule has 1 aliphatic rings. The van der Waals surface area contributed by atoms with Gasteiger partial charge in [-0.25, -0.2) is 0 Å². The maximum atomic E-state index is 6.21. The summed E-state index contributed by atoms with van der Waals surface area (Å²) in [5.41, 5.74) is 9.07. The Morgan fingerprint density at radius 2 is 1.76 bits per heavy atom. The second-order valence-electron chi connectivity index (χ2n) is 7.09. The second kappa shape index (κ2) is 6.83. The smallest absolute Gasteiger partial charge is 0.0521 e. The Bertz CT molecular complexity index is 427. The molecule has 2 N–H and O–H groups in total. The largest absolute Gasteiger partial charge is 0.368 e. The van der Waals surface area contributed by atoms with E-state index in [0.717, 1.165) is 24.8 Å². The van der Waals surface area contributed by atoms with Crippen molar-refractivity contribution in [2.75, 3.05) is 18.5 Å². The van der Waals surface area contributed by atoms with Gasteiger partial charge in [0.1, 0.15) is 0 Å². The zero-order valence-electron chi connectivity index (χ0n) is 14.2. The quantitative estimate of drug-likeness (QED) is 0.878. The molecule has 1 fully saturated rings. The van der Waals surface area contributed by atoms with Crippen LogP contribution in [-0.2, 0) is 6.42 Å². The number of aryl methyl sites for hydroxylation is 1. The minimum Gasteiger partial charge on any atom is -0.368 e. The summed E-state index contributed by atoms with van der Waals surface area (Å²) in [7, 11) is 2.23. The third-order valence-corrected chi connectivity index (χ3v) is 5.73. The number of rotatable bonds is 5. The highest BCUT2D eigenvalue weighted by Gasteiger charge is 2.38. The first kappa shape index (κ1) is 16.4. The van der Waals surface area contributed by atoms with Crippen LogP contribution in [0.25, 0.3) is 0 Å². The highest BCUT2D eigenvalue weighted by atomic mass is 15.2. The van der Waals surface area contributed by atoms with E-state index in [9.17, 15) is 0 Å². The molecule has 0 aliphatic heterocycles. The highest BCUT2D eigenvalue weighted by molar-refractivity contribution is 5.50. The van der Waals surface area contributed by atoms with Crippen LogP contribution in [0, 0.1) is 11.8 Å². The fourth-order valence-corrected chi connectivity index (χ4v) is 3.75. The van der Waals surface area contributed by atoms with Gasteiger partial charge in [0.2, 0.25) is 0 Å². The van der Waals surface area contributed by atoms with Crippen LogP contribution in [0.3, 0.4) is 0 Å². The summed E-state index contributed by atoms with van der Waals surface area (Å²) in [5.74, 6) is 1.68. The molecule has 0 atom stereocenters. The minimum absolute atomic E-state index is 0.152. The normalized spacial score (nSPS) is 26.1. The van der Waals surface area contributed by atoms with Crippen molar-refractivity contribution in [1.82, 2.24) is 0 Å². The predicted molar refractivity (Wildman–Crippen MR) is 92.8 cm³/mol. The molecule has 2 nitrogen and oxygen atoms in total. The van der Waals surface area contributed by atoms with E-state index in [0.29, 0.717) is 0 Å². The van der Waals surface area contributed by atoms with Gasteiger partial charge >= 0.3 is 0 Å². The molecule has 21 heavy (non-hydrogen) atoms. The molecule has 0 spiro atoms. The van der Waals surface area contributed by atoms with Gasteiger partial charge < -0.3 is 10.6 Å². The van der Waals surface area contributed by atoms with Crippen LogP contribution in [0.1, 0.15) is 52.0 Å². The van der Waals surface area contributed by atoms with E-state index in [1.807, 2.05) is 0 Å². The van der Waals surface area contributed by atoms with Gasteiger partial charge in [0.15, 0.2) is 0 Å². The van der Waals surface area contributed by atoms with Gasteiger partial charge in [-0.15, -0.1) is 0 Å². The first-order chi connectivity index (χ1) is 10.0. The summed E-state index contributed by atoms with van der Waals surface area (Å²) in [4.78, 5) is 2.45. The SMILES string of the molecule is CCc1ccc(N(C)C2(CN)CCC(C(C)C)CC2)cc1. The van der Waals surface area contributed by atoms with Gasteiger partial charge in [0, 0.05) is 19.3 Å². The van der Waals surface area contributed by atoms with Crippen LogP contribution in [-0.4, -0.2) is 19.1 Å². The van der Waals surface area contributed by atoms with Crippen molar-refractivity contribution in [3.05, 3.63) is 29.8 Å². The van der Waals surface area contributed by atoms with Crippen LogP contribution in [0.2, 0.25) is 0 Å². The molecule has 1 aliphatic carbocycles. The Labute approximate surface area is 130 Å². The average Bonchev–Trinajstić information content (AvgIpc) is 2.54. The Balaban J connectivity index is 2.12. The third kappa shape index (κ3) is 3.42. The van der Waals surface area contributed by atoms with E-state index in [1.165, 1.54) is 36.9 Å². The van der Waals surface area contributed by atoms with Crippen molar-refractivity contribution in [1.29, 1.82) is 0 Å². The van der Waals surface area contributed by atoms with Crippen molar-refractivity contribution in [2.45, 2.75) is 58.4 Å². The van der Waals surface area contributed by atoms with E-state index < -0.39 is 0 Å². The Morgan fingerprint density at radius 3 is 2.19 bits per heavy atom. The zero-order valence-corrected chi connectivity index (χ0v) is 14.2. The molecule has 1 saturated carbocycles. The summed E-state index contributed by atoms with van der Waals surface area (Å²) in [6, 6.07) is 9.00. The molecule has 2 rings (SSSR count). The lowest BCUT2D eigenvalue weighted by atomic mass is 9.72. The van der Waals surface area contributed by atoms with Gasteiger partial charge in [-0.05, 0) is 61.6 Å². The first-order valence-corrected chi connectivity index (χ1v) is 8.55. The van der Waals surface area contributed by atoms with Crippen molar-refractivity contribution in [3.63, 3.8) is 0 Å². The van der Waals surface area contributed by atoms with E-state index in [-0.39, 0.29) is 5.54 Å². The fraction of sp³-hybridized carbons (Fsp3) is 0.684. The summed E-state index contributed by atoms with van der Waals surface area (Å²) in [5, 5.41) is 0. The highest BCUT2D eigenvalue weighted by Crippen LogP contribution is 2.40. The number of likely N-dealkylation sites (N-methyl/N-ethyl adjacent to an activating group) is 1. The molecule has 0 aromatic heterocycles. The maximum absolute atomic E-state index is 6.21. The molecule has 118 valence electrons. The van der Waals surface area contributed by atoms with Gasteiger partial charge in [-0.2, -0.15) is 0 Å². The van der Waals surface area contributed by atoms with E-state index in [4.69, 9.17) is 5.73 Å². The van der Waals surface area contributed by atoms with E-state index in [2.05, 4.69) is 57.0 Å². The Morgan fingerprint density at radius 1 is 1.19 bits per heavy atom. The van der Waals surface area contributed by atoms with Crippen LogP contribution in [0.15, 0.2) is 24.3 Å². The lowest BCUT2D eigenvalue weighted by Gasteiger charge is -2.48. The predicted octanol–water partition coefficient (Wildman–Crippen LogP) is 4.23. The van der Waals surface area contributed by atoms with Gasteiger partial charge in [0.05, 0.1) is 5.54 Å². The monoisotopic (exact) mass is 288 g/mol. The third-order valence-electron chi connectivity index (χ3n) is 5.73. The van der Waals surface area contributed by atoms with Gasteiger partial charge in [0.25, 0.3) is 0 Å². The van der Waals surface area contributed by atoms with E-state index >= 15 is 0 Å². The molecule has 1 aromatic rings. The molecule has 0 heterocycles. The molecule has 2 heteroatoms. The van der Waals surface area contributed by atoms with E-state index in [1.54, 1.807) is 0 Å². The summed E-state index contributed by atoms with van der Waals surface area (Å²) < 4.78 is 0. The fourth-order valence-electron chi connectivity index (χ4n) is 3.75. The molecular weight excluding hydrogens is 256 g/mol. The lowest BCUT2D eigenvalue weighted by molar-refractivity contribution is 0.194. The van der Waals surface area contributed by atoms with Crippen LogP contribution in [0.5, 0.6) is 0 Å². The standard InChI is InChI=1S/C19H32N2/c1-5-16-6-8-18(9-7-16)21(4)19(14-20)12-10-17(11-13-19)15(2)3/h6-9,15,17H,5,10-14,20H2,1-4H3. The lowest BCUT2D eigenvalue weighted by Crippen LogP contribution is -2.54. The topological polar surface area (TPSA) is 29.3 Å². The Hall–Kier alpha value is -1.02. The van der Waals surface area contributed by atoms with Crippen LogP contribution < -0.4 is 10.6 Å². The molecule has 0 bridgehead atoms. The summed E-state index contributed by atoms with van der Waals surface area (Å²) in [6.07, 6.45) is 6.16. The summed E-state index contributed by atoms with van der Waals surface area (Å²) in [6.45, 7) is 7.66. The number of benzene rings is 1. The number of anilines is 1. The molecule has 0 saturated heterocycles. The second-order valence-corrected chi connectivity index (χ2v) is 7.09. The molecule has 1 aromatic carbocycles. The number of nitrogens with zero attached hydrogens (tertiary/aromatic N) is 1. The average molecular weight is 288 g/mol. The zero-order chi connectivity index (χ0) is 15.5. The Kier molecular flexibility index (Phi) is 5.32. The first-order valence-electron chi connectivity index (χ1n) is 8.55. The molecule has 0 radical (unpaired) electrons. The maximum Gasteiger partial charge on any atom is 0.0521 e. The summed E-state index contributed by atoms with van der Waals surface area (Å²) >= 11 is 0. The van der Waals surface area contributed by atoms with Crippen LogP contribution in [0.4, 0.5) is 5.69 Å². The van der Waals surface area contributed by atoms with Crippen molar-refractivity contribution >= 4 is 5.69 Å².